The zero-order chi connectivity index (χ0) is 10.9. The topological polar surface area (TPSA) is 0 Å². The molecule has 0 aliphatic carbocycles. The maximum atomic E-state index is 12.3. The molecule has 0 aliphatic heterocycles. The first-order chi connectivity index (χ1) is 6.30. The molecule has 77 valence electrons. The van der Waals surface area contributed by atoms with Crippen LogP contribution >= 0.6 is 11.6 Å². The van der Waals surface area contributed by atoms with E-state index in [0.717, 1.165) is 12.1 Å². The Morgan fingerprint density at radius 3 is 2.29 bits per heavy atom. The molecule has 1 radical (unpaired) electrons. The molecule has 1 atom stereocenters. The van der Waals surface area contributed by atoms with E-state index in [9.17, 15) is 13.2 Å². The largest absolute Gasteiger partial charge is 0.416 e. The highest BCUT2D eigenvalue weighted by Crippen LogP contribution is 2.33. The lowest BCUT2D eigenvalue weighted by Crippen LogP contribution is -2.06. The molecule has 0 saturated carbocycles. The third-order valence-electron chi connectivity index (χ3n) is 1.82. The van der Waals surface area contributed by atoms with Crippen LogP contribution in [-0.2, 0) is 6.18 Å². The van der Waals surface area contributed by atoms with Crippen molar-refractivity contribution in [2.75, 3.05) is 0 Å². The molecule has 0 aromatic heterocycles. The fourth-order valence-electron chi connectivity index (χ4n) is 1.06. The van der Waals surface area contributed by atoms with Crippen molar-refractivity contribution in [3.05, 3.63) is 41.3 Å². The van der Waals surface area contributed by atoms with Crippen LogP contribution in [0.5, 0.6) is 0 Å². The average Bonchev–Trinajstić information content (AvgIpc) is 2.01. The average molecular weight is 222 g/mol. The van der Waals surface area contributed by atoms with Crippen LogP contribution in [0, 0.1) is 6.92 Å². The fourth-order valence-corrected chi connectivity index (χ4v) is 1.30. The molecule has 0 aliphatic rings. The number of alkyl halides is 3. The molecule has 0 nitrogen and oxygen atoms in total. The molecule has 1 unspecified atom stereocenters. The highest BCUT2D eigenvalue weighted by atomic mass is 35.5. The Hall–Kier alpha value is -0.700. The summed E-state index contributed by atoms with van der Waals surface area (Å²) in [7, 11) is 0. The molecular formula is C10H9ClF3. The van der Waals surface area contributed by atoms with Gasteiger partial charge in [0.25, 0.3) is 0 Å². The Labute approximate surface area is 85.7 Å². The standard InChI is InChI=1S/C10H9ClF3/c1-6(2)7-3-8(10(12,13)14)5-9(11)4-7/h3-6H,1H2,2H3. The number of hydrogen-bond acceptors (Lipinski definition) is 0. The van der Waals surface area contributed by atoms with E-state index < -0.39 is 11.7 Å². The van der Waals surface area contributed by atoms with E-state index in [1.807, 2.05) is 0 Å². The molecule has 1 aromatic rings. The van der Waals surface area contributed by atoms with Crippen molar-refractivity contribution in [3.63, 3.8) is 0 Å². The Kier molecular flexibility index (Phi) is 3.10. The third kappa shape index (κ3) is 2.64. The van der Waals surface area contributed by atoms with Crippen LogP contribution in [0.15, 0.2) is 18.2 Å². The lowest BCUT2D eigenvalue weighted by molar-refractivity contribution is -0.137. The SMILES string of the molecule is [CH2]C(C)c1cc(Cl)cc(C(F)(F)F)c1. The van der Waals surface area contributed by atoms with Crippen LogP contribution in [-0.4, -0.2) is 0 Å². The van der Waals surface area contributed by atoms with Gasteiger partial charge < -0.3 is 0 Å². The highest BCUT2D eigenvalue weighted by Gasteiger charge is 2.31. The first-order valence-electron chi connectivity index (χ1n) is 4.01. The van der Waals surface area contributed by atoms with E-state index in [0.29, 0.717) is 5.56 Å². The maximum absolute atomic E-state index is 12.3. The Bertz CT molecular complexity index is 329. The molecule has 0 amide bonds. The van der Waals surface area contributed by atoms with E-state index >= 15 is 0 Å². The van der Waals surface area contributed by atoms with E-state index in [2.05, 4.69) is 6.92 Å². The molecular weight excluding hydrogens is 213 g/mol. The van der Waals surface area contributed by atoms with Crippen molar-refractivity contribution in [2.45, 2.75) is 19.0 Å². The van der Waals surface area contributed by atoms with Crippen molar-refractivity contribution in [1.29, 1.82) is 0 Å². The van der Waals surface area contributed by atoms with E-state index in [-0.39, 0.29) is 10.9 Å². The molecule has 0 bridgehead atoms. The van der Waals surface area contributed by atoms with Gasteiger partial charge in [0, 0.05) is 5.02 Å². The number of halogens is 4. The Morgan fingerprint density at radius 2 is 1.86 bits per heavy atom. The van der Waals surface area contributed by atoms with Crippen LogP contribution in [0.2, 0.25) is 5.02 Å². The molecule has 0 N–H and O–H groups in total. The van der Waals surface area contributed by atoms with Gasteiger partial charge in [0.2, 0.25) is 0 Å². The van der Waals surface area contributed by atoms with Gasteiger partial charge in [0.1, 0.15) is 0 Å². The normalized spacial score (nSPS) is 12.2. The van der Waals surface area contributed by atoms with Crippen LogP contribution in [0.3, 0.4) is 0 Å². The van der Waals surface area contributed by atoms with Gasteiger partial charge >= 0.3 is 6.18 Å². The second-order valence-corrected chi connectivity index (χ2v) is 3.61. The summed E-state index contributed by atoms with van der Waals surface area (Å²) in [6.07, 6.45) is -4.35. The van der Waals surface area contributed by atoms with Crippen molar-refractivity contribution < 1.29 is 13.2 Å². The van der Waals surface area contributed by atoms with Crippen molar-refractivity contribution in [1.82, 2.24) is 0 Å². The maximum Gasteiger partial charge on any atom is 0.416 e. The molecule has 14 heavy (non-hydrogen) atoms. The summed E-state index contributed by atoms with van der Waals surface area (Å²) >= 11 is 5.57. The summed E-state index contributed by atoms with van der Waals surface area (Å²) in [6, 6.07) is 3.48. The third-order valence-corrected chi connectivity index (χ3v) is 2.03. The second kappa shape index (κ2) is 3.81. The first-order valence-corrected chi connectivity index (χ1v) is 4.39. The molecule has 0 saturated heterocycles. The minimum atomic E-state index is -4.35. The summed E-state index contributed by atoms with van der Waals surface area (Å²) in [5.41, 5.74) is -0.236. The molecule has 0 spiro atoms. The zero-order valence-corrected chi connectivity index (χ0v) is 8.28. The Balaban J connectivity index is 3.21. The highest BCUT2D eigenvalue weighted by molar-refractivity contribution is 6.30. The van der Waals surface area contributed by atoms with Gasteiger partial charge in [-0.3, -0.25) is 0 Å². The number of benzene rings is 1. The van der Waals surface area contributed by atoms with Crippen LogP contribution < -0.4 is 0 Å². The molecule has 0 fully saturated rings. The lowest BCUT2D eigenvalue weighted by Gasteiger charge is -2.11. The van der Waals surface area contributed by atoms with Gasteiger partial charge in [0.05, 0.1) is 5.56 Å². The fraction of sp³-hybridized carbons (Fsp3) is 0.300. The van der Waals surface area contributed by atoms with Gasteiger partial charge in [-0.15, -0.1) is 0 Å². The quantitative estimate of drug-likeness (QED) is 0.663. The van der Waals surface area contributed by atoms with Crippen LogP contribution in [0.25, 0.3) is 0 Å². The van der Waals surface area contributed by atoms with Crippen molar-refractivity contribution >= 4 is 11.6 Å². The second-order valence-electron chi connectivity index (χ2n) is 3.17. The summed E-state index contributed by atoms with van der Waals surface area (Å²) in [6.45, 7) is 5.36. The smallest absolute Gasteiger partial charge is 0.166 e. The molecule has 4 heteroatoms. The van der Waals surface area contributed by atoms with Gasteiger partial charge in [0.15, 0.2) is 0 Å². The van der Waals surface area contributed by atoms with Crippen LogP contribution in [0.4, 0.5) is 13.2 Å². The minimum Gasteiger partial charge on any atom is -0.166 e. The van der Waals surface area contributed by atoms with Gasteiger partial charge in [-0.1, -0.05) is 18.5 Å². The molecule has 1 aromatic carbocycles. The molecule has 1 rings (SSSR count). The van der Waals surface area contributed by atoms with E-state index in [4.69, 9.17) is 11.6 Å². The summed E-state index contributed by atoms with van der Waals surface area (Å²) in [5, 5.41) is 0.0883. The Morgan fingerprint density at radius 1 is 1.29 bits per heavy atom. The lowest BCUT2D eigenvalue weighted by atomic mass is 10.0. The summed E-state index contributed by atoms with van der Waals surface area (Å²) < 4.78 is 37.0. The van der Waals surface area contributed by atoms with Gasteiger partial charge in [-0.2, -0.15) is 13.2 Å². The predicted molar refractivity (Wildman–Crippen MR) is 50.2 cm³/mol. The summed E-state index contributed by atoms with van der Waals surface area (Å²) in [4.78, 5) is 0. The number of rotatable bonds is 1. The predicted octanol–water partition coefficient (Wildman–Crippen LogP) is 4.30. The van der Waals surface area contributed by atoms with E-state index in [1.54, 1.807) is 6.92 Å². The first kappa shape index (κ1) is 11.4. The minimum absolute atomic E-state index is 0.0883. The van der Waals surface area contributed by atoms with Crippen LogP contribution in [0.1, 0.15) is 24.0 Å². The van der Waals surface area contributed by atoms with E-state index in [1.165, 1.54) is 6.07 Å². The van der Waals surface area contributed by atoms with Crippen molar-refractivity contribution in [3.8, 4) is 0 Å². The van der Waals surface area contributed by atoms with Gasteiger partial charge in [-0.05, 0) is 36.6 Å². The number of hydrogen-bond donors (Lipinski definition) is 0. The van der Waals surface area contributed by atoms with Crippen molar-refractivity contribution in [2.24, 2.45) is 0 Å². The molecule has 0 heterocycles. The zero-order valence-electron chi connectivity index (χ0n) is 7.53. The summed E-state index contributed by atoms with van der Waals surface area (Å²) in [5.74, 6) is -0.213. The van der Waals surface area contributed by atoms with Gasteiger partial charge in [-0.25, -0.2) is 0 Å². The monoisotopic (exact) mass is 221 g/mol.